The lowest BCUT2D eigenvalue weighted by atomic mass is 10.0. The molecular weight excluding hydrogens is 362 g/mol. The predicted octanol–water partition coefficient (Wildman–Crippen LogP) is 3.83. The van der Waals surface area contributed by atoms with E-state index in [-0.39, 0.29) is 11.8 Å². The van der Waals surface area contributed by atoms with Crippen LogP contribution < -0.4 is 0 Å². The van der Waals surface area contributed by atoms with Crippen LogP contribution in [-0.2, 0) is 17.9 Å². The Morgan fingerprint density at radius 3 is 2.66 bits per heavy atom. The van der Waals surface area contributed by atoms with Crippen LogP contribution in [0.4, 0.5) is 0 Å². The Morgan fingerprint density at radius 2 is 1.90 bits per heavy atom. The van der Waals surface area contributed by atoms with Crippen molar-refractivity contribution in [3.63, 3.8) is 0 Å². The van der Waals surface area contributed by atoms with E-state index in [2.05, 4.69) is 59.7 Å². The number of hydrogen-bond acceptors (Lipinski definition) is 4. The molecule has 0 spiro atoms. The number of pyridine rings is 1. The minimum absolute atomic E-state index is 0.163. The number of amides is 1. The highest BCUT2D eigenvalue weighted by Crippen LogP contribution is 2.33. The zero-order valence-electron chi connectivity index (χ0n) is 16.7. The second-order valence-corrected chi connectivity index (χ2v) is 8.06. The molecule has 6 heteroatoms. The number of tetrazole rings is 1. The summed E-state index contributed by atoms with van der Waals surface area (Å²) in [5, 5.41) is 13.5. The Hall–Kier alpha value is -3.28. The summed E-state index contributed by atoms with van der Waals surface area (Å²) in [5.74, 6) is 0.385. The molecule has 1 saturated carbocycles. The summed E-state index contributed by atoms with van der Waals surface area (Å²) in [6.07, 6.45) is 1.98. The molecule has 0 atom stereocenters. The molecule has 6 nitrogen and oxygen atoms in total. The van der Waals surface area contributed by atoms with Crippen molar-refractivity contribution >= 4 is 22.5 Å². The van der Waals surface area contributed by atoms with Crippen LogP contribution in [0.1, 0.15) is 35.1 Å². The van der Waals surface area contributed by atoms with Gasteiger partial charge >= 0.3 is 0 Å². The molecule has 0 bridgehead atoms. The number of carbonyl (C=O) groups excluding carboxylic acids is 1. The molecule has 1 aliphatic carbocycles. The molecule has 0 N–H and O–H groups in total. The Balaban J connectivity index is 1.58. The predicted molar refractivity (Wildman–Crippen MR) is 111 cm³/mol. The highest BCUT2D eigenvalue weighted by molar-refractivity contribution is 5.87. The molecule has 2 aromatic carbocycles. The largest absolute Gasteiger partial charge is 0.334 e. The molecule has 1 fully saturated rings. The number of rotatable bonds is 5. The standard InChI is InChI=1S/C23H23N5O/c1-15-10-16(2)21-19(11-15)12-20(22-24-25-26-28(21)22)14-27(23(29)18-8-9-18)13-17-6-4-3-5-7-17/h3-7,10-12,18H,8-9,13-14H2,1-2H3. The van der Waals surface area contributed by atoms with E-state index in [9.17, 15) is 4.79 Å². The minimum Gasteiger partial charge on any atom is -0.334 e. The van der Waals surface area contributed by atoms with Gasteiger partial charge in [-0.2, -0.15) is 4.52 Å². The Morgan fingerprint density at radius 1 is 1.10 bits per heavy atom. The molecule has 2 aromatic heterocycles. The summed E-state index contributed by atoms with van der Waals surface area (Å²) in [7, 11) is 0. The number of carbonyl (C=O) groups is 1. The van der Waals surface area contributed by atoms with E-state index in [1.807, 2.05) is 27.6 Å². The van der Waals surface area contributed by atoms with Crippen molar-refractivity contribution in [1.29, 1.82) is 0 Å². The van der Waals surface area contributed by atoms with Gasteiger partial charge in [0.15, 0.2) is 5.65 Å². The van der Waals surface area contributed by atoms with E-state index in [4.69, 9.17) is 0 Å². The summed E-state index contributed by atoms with van der Waals surface area (Å²) in [5.41, 5.74) is 6.17. The number of aryl methyl sites for hydroxylation is 2. The van der Waals surface area contributed by atoms with Gasteiger partial charge in [-0.15, -0.1) is 5.10 Å². The van der Waals surface area contributed by atoms with Crippen LogP contribution in [0.15, 0.2) is 48.5 Å². The summed E-state index contributed by atoms with van der Waals surface area (Å²) >= 11 is 0. The minimum atomic E-state index is 0.163. The Kier molecular flexibility index (Phi) is 4.27. The van der Waals surface area contributed by atoms with Crippen molar-refractivity contribution in [2.75, 3.05) is 0 Å². The number of nitrogens with zero attached hydrogens (tertiary/aromatic N) is 5. The lowest BCUT2D eigenvalue weighted by molar-refractivity contribution is -0.133. The first-order valence-electron chi connectivity index (χ1n) is 10.0. The molecule has 4 aromatic rings. The van der Waals surface area contributed by atoms with E-state index in [0.717, 1.165) is 40.4 Å². The van der Waals surface area contributed by atoms with Gasteiger partial charge < -0.3 is 4.90 Å². The van der Waals surface area contributed by atoms with Crippen LogP contribution in [0.5, 0.6) is 0 Å². The fourth-order valence-corrected chi connectivity index (χ4v) is 4.11. The van der Waals surface area contributed by atoms with Gasteiger partial charge in [-0.25, -0.2) is 0 Å². The molecule has 1 amide bonds. The fourth-order valence-electron chi connectivity index (χ4n) is 4.11. The molecule has 146 valence electrons. The maximum Gasteiger partial charge on any atom is 0.226 e. The molecular formula is C23H23N5O. The van der Waals surface area contributed by atoms with Gasteiger partial charge in [0.1, 0.15) is 0 Å². The molecule has 5 rings (SSSR count). The van der Waals surface area contributed by atoms with E-state index in [1.165, 1.54) is 5.56 Å². The van der Waals surface area contributed by atoms with Gasteiger partial charge in [0.2, 0.25) is 5.91 Å². The van der Waals surface area contributed by atoms with Gasteiger partial charge in [-0.05, 0) is 60.4 Å². The van der Waals surface area contributed by atoms with Gasteiger partial charge in [0.25, 0.3) is 0 Å². The van der Waals surface area contributed by atoms with Crippen molar-refractivity contribution in [1.82, 2.24) is 24.9 Å². The average Bonchev–Trinajstić information content (AvgIpc) is 3.44. The molecule has 29 heavy (non-hydrogen) atoms. The normalized spacial score (nSPS) is 13.9. The first kappa shape index (κ1) is 17.8. The van der Waals surface area contributed by atoms with Crippen LogP contribution in [0.2, 0.25) is 0 Å². The summed E-state index contributed by atoms with van der Waals surface area (Å²) in [6.45, 7) is 5.26. The van der Waals surface area contributed by atoms with Crippen molar-refractivity contribution in [2.45, 2.75) is 39.8 Å². The van der Waals surface area contributed by atoms with Crippen molar-refractivity contribution in [3.05, 3.63) is 70.8 Å². The average molecular weight is 385 g/mol. The third-order valence-electron chi connectivity index (χ3n) is 5.59. The quantitative estimate of drug-likeness (QED) is 0.524. The fraction of sp³-hybridized carbons (Fsp3) is 0.304. The van der Waals surface area contributed by atoms with Crippen molar-refractivity contribution in [2.24, 2.45) is 5.92 Å². The lowest BCUT2D eigenvalue weighted by Gasteiger charge is -2.23. The van der Waals surface area contributed by atoms with E-state index < -0.39 is 0 Å². The zero-order chi connectivity index (χ0) is 20.0. The SMILES string of the molecule is Cc1cc(C)c2c(c1)cc(CN(Cc1ccccc1)C(=O)C1CC1)c1nnnn12. The third kappa shape index (κ3) is 3.35. The Labute approximate surface area is 169 Å². The monoisotopic (exact) mass is 385 g/mol. The maximum absolute atomic E-state index is 13.0. The van der Waals surface area contributed by atoms with Crippen molar-refractivity contribution in [3.8, 4) is 0 Å². The van der Waals surface area contributed by atoms with Gasteiger partial charge in [-0.1, -0.05) is 42.0 Å². The van der Waals surface area contributed by atoms with E-state index in [0.29, 0.717) is 18.7 Å². The second-order valence-electron chi connectivity index (χ2n) is 8.06. The molecule has 2 heterocycles. The smallest absolute Gasteiger partial charge is 0.226 e. The first-order chi connectivity index (χ1) is 14.1. The van der Waals surface area contributed by atoms with Crippen LogP contribution in [-0.4, -0.2) is 30.8 Å². The van der Waals surface area contributed by atoms with E-state index in [1.54, 1.807) is 0 Å². The van der Waals surface area contributed by atoms with Crippen LogP contribution in [0, 0.1) is 19.8 Å². The molecule has 0 aliphatic heterocycles. The topological polar surface area (TPSA) is 63.4 Å². The summed E-state index contributed by atoms with van der Waals surface area (Å²) < 4.78 is 1.81. The number of aromatic nitrogens is 4. The number of hydrogen-bond donors (Lipinski definition) is 0. The molecule has 0 saturated heterocycles. The number of fused-ring (bicyclic) bond motifs is 3. The van der Waals surface area contributed by atoms with Crippen molar-refractivity contribution < 1.29 is 4.79 Å². The lowest BCUT2D eigenvalue weighted by Crippen LogP contribution is -2.31. The van der Waals surface area contributed by atoms with Crippen LogP contribution in [0.3, 0.4) is 0 Å². The van der Waals surface area contributed by atoms with E-state index >= 15 is 0 Å². The highest BCUT2D eigenvalue weighted by atomic mass is 16.2. The van der Waals surface area contributed by atoms with Gasteiger partial charge in [0, 0.05) is 30.0 Å². The van der Waals surface area contributed by atoms with Crippen LogP contribution in [0.25, 0.3) is 16.6 Å². The molecule has 0 unspecified atom stereocenters. The molecule has 0 radical (unpaired) electrons. The molecule has 1 aliphatic rings. The first-order valence-corrected chi connectivity index (χ1v) is 10.0. The van der Waals surface area contributed by atoms with Gasteiger partial charge in [0.05, 0.1) is 5.52 Å². The highest BCUT2D eigenvalue weighted by Gasteiger charge is 2.33. The van der Waals surface area contributed by atoms with Crippen LogP contribution >= 0.6 is 0 Å². The number of benzene rings is 2. The maximum atomic E-state index is 13.0. The zero-order valence-corrected chi connectivity index (χ0v) is 16.7. The second kappa shape index (κ2) is 6.95. The summed E-state index contributed by atoms with van der Waals surface area (Å²) in [6, 6.07) is 16.6. The van der Waals surface area contributed by atoms with Gasteiger partial charge in [-0.3, -0.25) is 4.79 Å². The third-order valence-corrected chi connectivity index (χ3v) is 5.59. The Bertz CT molecular complexity index is 1210. The summed E-state index contributed by atoms with van der Waals surface area (Å²) in [4.78, 5) is 15.0.